The van der Waals surface area contributed by atoms with Crippen molar-refractivity contribution in [2.24, 2.45) is 0 Å². The number of benzene rings is 1. The molecule has 0 aliphatic carbocycles. The maximum absolute atomic E-state index is 11.9. The highest BCUT2D eigenvalue weighted by atomic mass is 32.2. The molecular weight excluding hydrogens is 262 g/mol. The van der Waals surface area contributed by atoms with Crippen LogP contribution in [0.4, 0.5) is 0 Å². The largest absolute Gasteiger partial charge is 0.395 e. The summed E-state index contributed by atoms with van der Waals surface area (Å²) in [6.45, 7) is 2.49. The normalized spacial score (nSPS) is 10.8. The van der Waals surface area contributed by atoms with Gasteiger partial charge in [0, 0.05) is 18.5 Å². The lowest BCUT2D eigenvalue weighted by atomic mass is 10.2. The van der Waals surface area contributed by atoms with Crippen LogP contribution in [0.3, 0.4) is 0 Å². The number of nitrogens with one attached hydrogen (secondary N) is 1. The first-order chi connectivity index (χ1) is 9.10. The molecule has 0 aromatic heterocycles. The molecule has 1 aromatic rings. The first kappa shape index (κ1) is 15.7. The van der Waals surface area contributed by atoms with Gasteiger partial charge in [-0.3, -0.25) is 0 Å². The Hall–Kier alpha value is -1.35. The van der Waals surface area contributed by atoms with Gasteiger partial charge in [0.1, 0.15) is 0 Å². The van der Waals surface area contributed by atoms with Crippen LogP contribution in [0.5, 0.6) is 0 Å². The molecule has 0 bridgehead atoms. The Balaban J connectivity index is 2.73. The van der Waals surface area contributed by atoms with Crippen LogP contribution >= 0.6 is 0 Å². The number of rotatable bonds is 6. The van der Waals surface area contributed by atoms with Gasteiger partial charge in [-0.25, -0.2) is 13.1 Å². The van der Waals surface area contributed by atoms with Crippen molar-refractivity contribution < 1.29 is 13.5 Å². The summed E-state index contributed by atoms with van der Waals surface area (Å²) in [6, 6.07) is 6.41. The van der Waals surface area contributed by atoms with Crippen LogP contribution < -0.4 is 4.72 Å². The number of aliphatic hydroxyl groups is 1. The van der Waals surface area contributed by atoms with Crippen molar-refractivity contribution in [2.75, 3.05) is 13.2 Å². The van der Waals surface area contributed by atoms with E-state index in [1.165, 1.54) is 12.1 Å². The molecule has 0 saturated carbocycles. The zero-order valence-electron chi connectivity index (χ0n) is 11.0. The minimum absolute atomic E-state index is 0.0286. The van der Waals surface area contributed by atoms with Crippen molar-refractivity contribution in [3.05, 3.63) is 29.8 Å². The average molecular weight is 281 g/mol. The third kappa shape index (κ3) is 5.43. The van der Waals surface area contributed by atoms with Crippen LogP contribution in [0.2, 0.25) is 0 Å². The Morgan fingerprint density at radius 2 is 1.95 bits per heavy atom. The standard InChI is InChI=1S/C14H19NO3S/c1-2-3-11-15-19(17,18)14-9-7-13(8-10-14)6-4-5-12-16/h7-10,15-16H,2-3,5,11-12H2,1H3. The van der Waals surface area contributed by atoms with Gasteiger partial charge in [-0.2, -0.15) is 0 Å². The van der Waals surface area contributed by atoms with E-state index in [4.69, 9.17) is 5.11 Å². The predicted molar refractivity (Wildman–Crippen MR) is 75.1 cm³/mol. The van der Waals surface area contributed by atoms with E-state index < -0.39 is 10.0 Å². The molecule has 0 saturated heterocycles. The predicted octanol–water partition coefficient (Wildman–Crippen LogP) is 1.50. The molecule has 0 heterocycles. The van der Waals surface area contributed by atoms with E-state index in [1.54, 1.807) is 12.1 Å². The first-order valence-electron chi connectivity index (χ1n) is 6.29. The smallest absolute Gasteiger partial charge is 0.240 e. The Bertz CT molecular complexity index is 538. The van der Waals surface area contributed by atoms with Gasteiger partial charge < -0.3 is 5.11 Å². The van der Waals surface area contributed by atoms with Crippen molar-refractivity contribution in [3.8, 4) is 11.8 Å². The minimum Gasteiger partial charge on any atom is -0.395 e. The molecule has 0 atom stereocenters. The van der Waals surface area contributed by atoms with E-state index in [9.17, 15) is 8.42 Å². The molecule has 104 valence electrons. The third-order valence-electron chi connectivity index (χ3n) is 2.46. The molecule has 0 radical (unpaired) electrons. The number of sulfonamides is 1. The SMILES string of the molecule is CCCCNS(=O)(=O)c1ccc(C#CCCO)cc1. The summed E-state index contributed by atoms with van der Waals surface area (Å²) in [7, 11) is -3.41. The minimum atomic E-state index is -3.41. The van der Waals surface area contributed by atoms with Crippen LogP contribution in [0, 0.1) is 11.8 Å². The third-order valence-corrected chi connectivity index (χ3v) is 3.93. The van der Waals surface area contributed by atoms with E-state index in [1.807, 2.05) is 6.92 Å². The quantitative estimate of drug-likeness (QED) is 0.613. The number of unbranched alkanes of at least 4 members (excludes halogenated alkanes) is 1. The van der Waals surface area contributed by atoms with Gasteiger partial charge in [-0.15, -0.1) is 0 Å². The fourth-order valence-electron chi connectivity index (χ4n) is 1.40. The number of hydrogen-bond acceptors (Lipinski definition) is 3. The van der Waals surface area contributed by atoms with Crippen molar-refractivity contribution in [1.82, 2.24) is 4.72 Å². The molecule has 0 spiro atoms. The van der Waals surface area contributed by atoms with Gasteiger partial charge in [-0.1, -0.05) is 25.2 Å². The van der Waals surface area contributed by atoms with Crippen molar-refractivity contribution in [2.45, 2.75) is 31.1 Å². The zero-order chi connectivity index (χ0) is 14.1. The fraction of sp³-hybridized carbons (Fsp3) is 0.429. The van der Waals surface area contributed by atoms with Crippen LogP contribution in [0.25, 0.3) is 0 Å². The molecule has 0 fully saturated rings. The lowest BCUT2D eigenvalue weighted by Gasteiger charge is -2.05. The maximum Gasteiger partial charge on any atom is 0.240 e. The van der Waals surface area contributed by atoms with Gasteiger partial charge >= 0.3 is 0 Å². The molecule has 5 heteroatoms. The molecule has 1 aromatic carbocycles. The molecule has 1 rings (SSSR count). The van der Waals surface area contributed by atoms with Crippen LogP contribution in [0.1, 0.15) is 31.7 Å². The van der Waals surface area contributed by atoms with Crippen LogP contribution in [-0.4, -0.2) is 26.7 Å². The second-order valence-corrected chi connectivity index (χ2v) is 5.82. The summed E-state index contributed by atoms with van der Waals surface area (Å²) in [5.41, 5.74) is 0.737. The number of aliphatic hydroxyl groups excluding tert-OH is 1. The second kappa shape index (κ2) is 7.95. The summed E-state index contributed by atoms with van der Waals surface area (Å²) in [4.78, 5) is 0.247. The second-order valence-electron chi connectivity index (χ2n) is 4.05. The highest BCUT2D eigenvalue weighted by Gasteiger charge is 2.12. The molecule has 0 aliphatic rings. The molecule has 19 heavy (non-hydrogen) atoms. The van der Waals surface area contributed by atoms with Crippen molar-refractivity contribution in [1.29, 1.82) is 0 Å². The summed E-state index contributed by atoms with van der Waals surface area (Å²) >= 11 is 0. The van der Waals surface area contributed by atoms with Gasteiger partial charge in [0.05, 0.1) is 11.5 Å². The van der Waals surface area contributed by atoms with Gasteiger partial charge in [0.15, 0.2) is 0 Å². The highest BCUT2D eigenvalue weighted by Crippen LogP contribution is 2.10. The van der Waals surface area contributed by atoms with Crippen molar-refractivity contribution >= 4 is 10.0 Å². The Morgan fingerprint density at radius 1 is 1.26 bits per heavy atom. The molecule has 2 N–H and O–H groups in total. The van der Waals surface area contributed by atoms with Crippen LogP contribution in [-0.2, 0) is 10.0 Å². The number of hydrogen-bond donors (Lipinski definition) is 2. The Morgan fingerprint density at radius 3 is 2.53 bits per heavy atom. The van der Waals surface area contributed by atoms with Crippen molar-refractivity contribution in [3.63, 3.8) is 0 Å². The molecule has 0 aliphatic heterocycles. The summed E-state index contributed by atoms with van der Waals surface area (Å²) in [5, 5.41) is 8.61. The summed E-state index contributed by atoms with van der Waals surface area (Å²) in [6.07, 6.45) is 2.18. The van der Waals surface area contributed by atoms with Gasteiger partial charge in [0.25, 0.3) is 0 Å². The first-order valence-corrected chi connectivity index (χ1v) is 7.78. The van der Waals surface area contributed by atoms with Gasteiger partial charge in [-0.05, 0) is 30.7 Å². The summed E-state index contributed by atoms with van der Waals surface area (Å²) in [5.74, 6) is 5.64. The topological polar surface area (TPSA) is 66.4 Å². The summed E-state index contributed by atoms with van der Waals surface area (Å²) < 4.78 is 26.3. The molecule has 4 nitrogen and oxygen atoms in total. The molecule has 0 unspecified atom stereocenters. The Kier molecular flexibility index (Phi) is 6.57. The van der Waals surface area contributed by atoms with Gasteiger partial charge in [0.2, 0.25) is 10.0 Å². The van der Waals surface area contributed by atoms with Crippen LogP contribution in [0.15, 0.2) is 29.2 Å². The monoisotopic (exact) mass is 281 g/mol. The Labute approximate surface area is 114 Å². The zero-order valence-corrected chi connectivity index (χ0v) is 11.8. The molecular formula is C14H19NO3S. The van der Waals surface area contributed by atoms with E-state index in [0.29, 0.717) is 13.0 Å². The van der Waals surface area contributed by atoms with E-state index >= 15 is 0 Å². The highest BCUT2D eigenvalue weighted by molar-refractivity contribution is 7.89. The molecule has 0 amide bonds. The average Bonchev–Trinajstić information content (AvgIpc) is 2.40. The lowest BCUT2D eigenvalue weighted by molar-refractivity contribution is 0.305. The lowest BCUT2D eigenvalue weighted by Crippen LogP contribution is -2.24. The fourth-order valence-corrected chi connectivity index (χ4v) is 2.48. The van der Waals surface area contributed by atoms with E-state index in [2.05, 4.69) is 16.6 Å². The van der Waals surface area contributed by atoms with E-state index in [0.717, 1.165) is 18.4 Å². The maximum atomic E-state index is 11.9. The van der Waals surface area contributed by atoms with E-state index in [-0.39, 0.29) is 11.5 Å².